The molecule has 0 N–H and O–H groups in total. The van der Waals surface area contributed by atoms with Gasteiger partial charge in [0.05, 0.1) is 12.7 Å². The second-order valence-electron chi connectivity index (χ2n) is 1.94. The summed E-state index contributed by atoms with van der Waals surface area (Å²) in [5, 5.41) is 0. The Bertz CT molecular complexity index is 58.3. The zero-order valence-corrected chi connectivity index (χ0v) is 7.22. The lowest BCUT2D eigenvalue weighted by atomic mass is 10.3. The molecule has 0 saturated carbocycles. The number of rotatable bonds is 2. The van der Waals surface area contributed by atoms with Crippen LogP contribution in [-0.2, 0) is 9.47 Å². The summed E-state index contributed by atoms with van der Waals surface area (Å²) in [7, 11) is 0. The van der Waals surface area contributed by atoms with Crippen LogP contribution in [0.3, 0.4) is 0 Å². The van der Waals surface area contributed by atoms with E-state index < -0.39 is 0 Å². The van der Waals surface area contributed by atoms with Crippen molar-refractivity contribution in [1.29, 1.82) is 0 Å². The first-order chi connectivity index (χ1) is 4.93. The lowest BCUT2D eigenvalue weighted by molar-refractivity contribution is 0.0509. The van der Waals surface area contributed by atoms with E-state index in [1.807, 2.05) is 20.8 Å². The van der Waals surface area contributed by atoms with E-state index in [0.717, 1.165) is 26.2 Å². The van der Waals surface area contributed by atoms with E-state index in [4.69, 9.17) is 9.47 Å². The van der Waals surface area contributed by atoms with E-state index in [2.05, 4.69) is 0 Å². The molecule has 1 heterocycles. The summed E-state index contributed by atoms with van der Waals surface area (Å²) in [6.07, 6.45) is 1.47. The maximum absolute atomic E-state index is 5.28. The van der Waals surface area contributed by atoms with Crippen molar-refractivity contribution in [2.24, 2.45) is 0 Å². The van der Waals surface area contributed by atoms with Crippen molar-refractivity contribution >= 4 is 0 Å². The monoisotopic (exact) mass is 146 g/mol. The molecule has 0 amide bonds. The molecule has 1 saturated heterocycles. The van der Waals surface area contributed by atoms with Crippen LogP contribution in [0.1, 0.15) is 27.2 Å². The van der Waals surface area contributed by atoms with Gasteiger partial charge in [-0.05, 0) is 13.3 Å². The summed E-state index contributed by atoms with van der Waals surface area (Å²) in [4.78, 5) is 0. The van der Waals surface area contributed by atoms with Crippen LogP contribution in [0.15, 0.2) is 0 Å². The van der Waals surface area contributed by atoms with Crippen LogP contribution in [0.2, 0.25) is 0 Å². The van der Waals surface area contributed by atoms with Crippen molar-refractivity contribution in [2.45, 2.75) is 33.3 Å². The fraction of sp³-hybridized carbons (Fsp3) is 1.00. The van der Waals surface area contributed by atoms with Gasteiger partial charge in [-0.25, -0.2) is 0 Å². The highest BCUT2D eigenvalue weighted by Gasteiger charge is 2.14. The summed E-state index contributed by atoms with van der Waals surface area (Å²) < 4.78 is 10.4. The zero-order chi connectivity index (χ0) is 7.82. The van der Waals surface area contributed by atoms with Crippen LogP contribution < -0.4 is 0 Å². The minimum absolute atomic E-state index is 0.389. The van der Waals surface area contributed by atoms with Crippen LogP contribution in [0.5, 0.6) is 0 Å². The van der Waals surface area contributed by atoms with Crippen molar-refractivity contribution in [3.8, 4) is 0 Å². The van der Waals surface area contributed by atoms with Gasteiger partial charge in [-0.3, -0.25) is 0 Å². The van der Waals surface area contributed by atoms with E-state index >= 15 is 0 Å². The molecular weight excluding hydrogens is 128 g/mol. The highest BCUT2D eigenvalue weighted by Crippen LogP contribution is 2.06. The van der Waals surface area contributed by atoms with Gasteiger partial charge in [-0.15, -0.1) is 0 Å². The van der Waals surface area contributed by atoms with Gasteiger partial charge in [-0.2, -0.15) is 0 Å². The highest BCUT2D eigenvalue weighted by molar-refractivity contribution is 4.61. The first kappa shape index (κ1) is 9.92. The standard InChI is InChI=1S/C6H12O2.C2H6/c1-2-8-6-3-4-7-5-6;1-2/h6H,2-5H2,1H3;1-2H3/t6-;/m1./s1. The molecule has 0 radical (unpaired) electrons. The normalized spacial score (nSPS) is 23.7. The summed E-state index contributed by atoms with van der Waals surface area (Å²) in [5.74, 6) is 0. The Balaban J connectivity index is 0.000000371. The van der Waals surface area contributed by atoms with E-state index in [9.17, 15) is 0 Å². The highest BCUT2D eigenvalue weighted by atomic mass is 16.5. The molecular formula is C8H18O2. The molecule has 10 heavy (non-hydrogen) atoms. The molecule has 0 spiro atoms. The molecule has 0 bridgehead atoms. The van der Waals surface area contributed by atoms with E-state index in [1.165, 1.54) is 0 Å². The zero-order valence-electron chi connectivity index (χ0n) is 7.22. The molecule has 62 valence electrons. The van der Waals surface area contributed by atoms with Crippen LogP contribution in [-0.4, -0.2) is 25.9 Å². The average Bonchev–Trinajstić information content (AvgIpc) is 2.46. The van der Waals surface area contributed by atoms with Crippen molar-refractivity contribution in [2.75, 3.05) is 19.8 Å². The van der Waals surface area contributed by atoms with Crippen LogP contribution in [0.4, 0.5) is 0 Å². The Morgan fingerprint density at radius 1 is 1.50 bits per heavy atom. The largest absolute Gasteiger partial charge is 0.379 e. The van der Waals surface area contributed by atoms with E-state index in [-0.39, 0.29) is 0 Å². The summed E-state index contributed by atoms with van der Waals surface area (Å²) >= 11 is 0. The Morgan fingerprint density at radius 2 is 2.20 bits per heavy atom. The van der Waals surface area contributed by atoms with Crippen molar-refractivity contribution < 1.29 is 9.47 Å². The maximum atomic E-state index is 5.28. The topological polar surface area (TPSA) is 18.5 Å². The number of ether oxygens (including phenoxy) is 2. The minimum Gasteiger partial charge on any atom is -0.379 e. The van der Waals surface area contributed by atoms with Crippen LogP contribution in [0, 0.1) is 0 Å². The Kier molecular flexibility index (Phi) is 6.98. The van der Waals surface area contributed by atoms with Gasteiger partial charge in [0.25, 0.3) is 0 Å². The predicted molar refractivity (Wildman–Crippen MR) is 42.2 cm³/mol. The van der Waals surface area contributed by atoms with Crippen molar-refractivity contribution in [3.63, 3.8) is 0 Å². The SMILES string of the molecule is CC.CCO[C@@H]1CCOC1. The molecule has 0 aromatic heterocycles. The molecule has 1 rings (SSSR count). The Morgan fingerprint density at radius 3 is 2.60 bits per heavy atom. The number of hydrogen-bond donors (Lipinski definition) is 0. The maximum Gasteiger partial charge on any atom is 0.0830 e. The van der Waals surface area contributed by atoms with Gasteiger partial charge < -0.3 is 9.47 Å². The Labute approximate surface area is 63.5 Å². The molecule has 2 nitrogen and oxygen atoms in total. The molecule has 1 aliphatic rings. The lowest BCUT2D eigenvalue weighted by Crippen LogP contribution is -2.11. The fourth-order valence-corrected chi connectivity index (χ4v) is 0.880. The summed E-state index contributed by atoms with van der Waals surface area (Å²) in [6, 6.07) is 0. The molecule has 0 unspecified atom stereocenters. The third kappa shape index (κ3) is 3.85. The third-order valence-electron chi connectivity index (χ3n) is 1.29. The van der Waals surface area contributed by atoms with Crippen LogP contribution >= 0.6 is 0 Å². The minimum atomic E-state index is 0.389. The molecule has 1 atom stereocenters. The lowest BCUT2D eigenvalue weighted by Gasteiger charge is -2.04. The quantitative estimate of drug-likeness (QED) is 0.591. The third-order valence-corrected chi connectivity index (χ3v) is 1.29. The first-order valence-corrected chi connectivity index (χ1v) is 4.13. The van der Waals surface area contributed by atoms with Gasteiger partial charge in [0.15, 0.2) is 0 Å². The van der Waals surface area contributed by atoms with Crippen molar-refractivity contribution in [3.05, 3.63) is 0 Å². The molecule has 1 fully saturated rings. The van der Waals surface area contributed by atoms with Gasteiger partial charge in [-0.1, -0.05) is 13.8 Å². The Hall–Kier alpha value is -0.0800. The average molecular weight is 146 g/mol. The molecule has 0 aromatic carbocycles. The van der Waals surface area contributed by atoms with E-state index in [0.29, 0.717) is 6.10 Å². The van der Waals surface area contributed by atoms with E-state index in [1.54, 1.807) is 0 Å². The summed E-state index contributed by atoms with van der Waals surface area (Å²) in [5.41, 5.74) is 0. The first-order valence-electron chi connectivity index (χ1n) is 4.13. The number of hydrogen-bond acceptors (Lipinski definition) is 2. The molecule has 2 heteroatoms. The van der Waals surface area contributed by atoms with Crippen LogP contribution in [0.25, 0.3) is 0 Å². The fourth-order valence-electron chi connectivity index (χ4n) is 0.880. The van der Waals surface area contributed by atoms with Crippen molar-refractivity contribution in [1.82, 2.24) is 0 Å². The predicted octanol–water partition coefficient (Wildman–Crippen LogP) is 1.84. The molecule has 0 aliphatic carbocycles. The molecule has 0 aromatic rings. The van der Waals surface area contributed by atoms with Gasteiger partial charge >= 0.3 is 0 Å². The second kappa shape index (κ2) is 7.03. The van der Waals surface area contributed by atoms with Gasteiger partial charge in [0.2, 0.25) is 0 Å². The second-order valence-corrected chi connectivity index (χ2v) is 1.94. The van der Waals surface area contributed by atoms with Gasteiger partial charge in [0.1, 0.15) is 0 Å². The summed E-state index contributed by atoms with van der Waals surface area (Å²) in [6.45, 7) is 8.50. The smallest absolute Gasteiger partial charge is 0.0830 e. The molecule has 1 aliphatic heterocycles. The van der Waals surface area contributed by atoms with Gasteiger partial charge in [0, 0.05) is 13.2 Å².